The zero-order valence-corrected chi connectivity index (χ0v) is 9.25. The molecule has 15 heavy (non-hydrogen) atoms. The van der Waals surface area contributed by atoms with Crippen molar-refractivity contribution < 1.29 is 4.84 Å². The molecule has 0 saturated heterocycles. The minimum absolute atomic E-state index is 0.363. The van der Waals surface area contributed by atoms with Crippen molar-refractivity contribution in [2.75, 3.05) is 0 Å². The maximum atomic E-state index is 5.00. The highest BCUT2D eigenvalue weighted by Crippen LogP contribution is 2.24. The van der Waals surface area contributed by atoms with Gasteiger partial charge in [-0.25, -0.2) is 10.9 Å². The van der Waals surface area contributed by atoms with Crippen LogP contribution in [0.25, 0.3) is 10.6 Å². The van der Waals surface area contributed by atoms with Crippen LogP contribution in [0.2, 0.25) is 0 Å². The van der Waals surface area contributed by atoms with Crippen LogP contribution in [0.5, 0.6) is 0 Å². The number of thiazole rings is 1. The first-order chi connectivity index (χ1) is 7.29. The summed E-state index contributed by atoms with van der Waals surface area (Å²) in [6.07, 6.45) is 0. The van der Waals surface area contributed by atoms with Gasteiger partial charge in [-0.05, 0) is 13.0 Å². The molecule has 0 aliphatic heterocycles. The maximum Gasteiger partial charge on any atom is 0.123 e. The van der Waals surface area contributed by atoms with E-state index < -0.39 is 0 Å². The zero-order chi connectivity index (χ0) is 10.7. The van der Waals surface area contributed by atoms with Crippen molar-refractivity contribution in [2.24, 2.45) is 5.90 Å². The molecular weight excluding hydrogens is 208 g/mol. The number of aryl methyl sites for hydroxylation is 1. The summed E-state index contributed by atoms with van der Waals surface area (Å²) >= 11 is 1.60. The molecular formula is C11H12N2OS. The fourth-order valence-corrected chi connectivity index (χ4v) is 2.17. The summed E-state index contributed by atoms with van der Waals surface area (Å²) in [4.78, 5) is 8.97. The quantitative estimate of drug-likeness (QED) is 0.808. The van der Waals surface area contributed by atoms with Crippen LogP contribution in [0, 0.1) is 6.92 Å². The van der Waals surface area contributed by atoms with E-state index in [-0.39, 0.29) is 0 Å². The summed E-state index contributed by atoms with van der Waals surface area (Å²) in [5, 5.41) is 2.97. The Hall–Kier alpha value is -1.23. The Kier molecular flexibility index (Phi) is 3.11. The molecule has 2 rings (SSSR count). The van der Waals surface area contributed by atoms with Gasteiger partial charge in [0.1, 0.15) is 11.6 Å². The van der Waals surface area contributed by atoms with E-state index >= 15 is 0 Å². The summed E-state index contributed by atoms with van der Waals surface area (Å²) < 4.78 is 0. The van der Waals surface area contributed by atoms with Gasteiger partial charge < -0.3 is 0 Å². The zero-order valence-electron chi connectivity index (χ0n) is 8.43. The maximum absolute atomic E-state index is 5.00. The van der Waals surface area contributed by atoms with E-state index in [0.717, 1.165) is 16.3 Å². The molecule has 0 unspecified atom stereocenters. The van der Waals surface area contributed by atoms with E-state index in [1.807, 2.05) is 11.4 Å². The molecule has 0 bridgehead atoms. The molecule has 2 N–H and O–H groups in total. The number of hydrogen-bond donors (Lipinski definition) is 1. The van der Waals surface area contributed by atoms with Crippen molar-refractivity contribution in [1.82, 2.24) is 4.98 Å². The summed E-state index contributed by atoms with van der Waals surface area (Å²) in [6, 6.07) is 8.27. The van der Waals surface area contributed by atoms with Crippen LogP contribution in [-0.2, 0) is 11.4 Å². The van der Waals surface area contributed by atoms with Crippen molar-refractivity contribution in [2.45, 2.75) is 13.5 Å². The Labute approximate surface area is 92.5 Å². The van der Waals surface area contributed by atoms with E-state index in [2.05, 4.69) is 34.9 Å². The minimum Gasteiger partial charge on any atom is -0.298 e. The first-order valence-electron chi connectivity index (χ1n) is 4.63. The van der Waals surface area contributed by atoms with Gasteiger partial charge in [-0.15, -0.1) is 11.3 Å². The topological polar surface area (TPSA) is 48.1 Å². The van der Waals surface area contributed by atoms with Gasteiger partial charge in [0, 0.05) is 10.9 Å². The number of nitrogens with two attached hydrogens (primary N) is 1. The molecule has 3 nitrogen and oxygen atoms in total. The van der Waals surface area contributed by atoms with E-state index in [0.29, 0.717) is 6.61 Å². The van der Waals surface area contributed by atoms with E-state index in [1.165, 1.54) is 5.56 Å². The van der Waals surface area contributed by atoms with Crippen molar-refractivity contribution in [3.05, 3.63) is 40.9 Å². The third-order valence-corrected chi connectivity index (χ3v) is 2.99. The Bertz CT molecular complexity index is 453. The highest BCUT2D eigenvalue weighted by molar-refractivity contribution is 7.13. The molecule has 0 aliphatic rings. The summed E-state index contributed by atoms with van der Waals surface area (Å²) in [5.41, 5.74) is 3.25. The van der Waals surface area contributed by atoms with Gasteiger partial charge >= 0.3 is 0 Å². The van der Waals surface area contributed by atoms with Crippen LogP contribution in [0.15, 0.2) is 29.6 Å². The van der Waals surface area contributed by atoms with Gasteiger partial charge in [0.2, 0.25) is 0 Å². The van der Waals surface area contributed by atoms with Gasteiger partial charge in [-0.1, -0.05) is 23.8 Å². The Balaban J connectivity index is 2.29. The third kappa shape index (κ3) is 2.41. The molecule has 4 heteroatoms. The van der Waals surface area contributed by atoms with Crippen molar-refractivity contribution in [3.63, 3.8) is 0 Å². The lowest BCUT2D eigenvalue weighted by molar-refractivity contribution is 0.122. The molecule has 1 heterocycles. The second-order valence-corrected chi connectivity index (χ2v) is 4.18. The molecule has 78 valence electrons. The standard InChI is InChI=1S/C11H12N2OS/c1-8-3-2-4-9(5-8)11-13-10(6-14-12)7-15-11/h2-5,7H,6,12H2,1H3. The second kappa shape index (κ2) is 4.53. The van der Waals surface area contributed by atoms with Crippen molar-refractivity contribution in [3.8, 4) is 10.6 Å². The fraction of sp³-hybridized carbons (Fsp3) is 0.182. The Morgan fingerprint density at radius 1 is 1.47 bits per heavy atom. The lowest BCUT2D eigenvalue weighted by Crippen LogP contribution is -1.98. The predicted molar refractivity (Wildman–Crippen MR) is 61.3 cm³/mol. The van der Waals surface area contributed by atoms with Crippen LogP contribution in [0.3, 0.4) is 0 Å². The van der Waals surface area contributed by atoms with Gasteiger partial charge in [-0.3, -0.25) is 4.84 Å². The van der Waals surface area contributed by atoms with Gasteiger partial charge in [-0.2, -0.15) is 0 Å². The second-order valence-electron chi connectivity index (χ2n) is 3.32. The van der Waals surface area contributed by atoms with Crippen LogP contribution < -0.4 is 5.90 Å². The molecule has 1 aromatic carbocycles. The first-order valence-corrected chi connectivity index (χ1v) is 5.50. The third-order valence-electron chi connectivity index (χ3n) is 2.05. The largest absolute Gasteiger partial charge is 0.298 e. The number of nitrogens with zero attached hydrogens (tertiary/aromatic N) is 1. The molecule has 0 atom stereocenters. The average molecular weight is 220 g/mol. The molecule has 0 saturated carbocycles. The predicted octanol–water partition coefficient (Wildman–Crippen LogP) is 2.51. The minimum atomic E-state index is 0.363. The molecule has 0 amide bonds. The number of benzene rings is 1. The lowest BCUT2D eigenvalue weighted by Gasteiger charge is -1.97. The monoisotopic (exact) mass is 220 g/mol. The number of rotatable bonds is 3. The number of aromatic nitrogens is 1. The highest BCUT2D eigenvalue weighted by Gasteiger charge is 2.04. The Morgan fingerprint density at radius 3 is 3.07 bits per heavy atom. The number of hydrogen-bond acceptors (Lipinski definition) is 4. The molecule has 1 aromatic heterocycles. The van der Waals surface area contributed by atoms with Crippen molar-refractivity contribution in [1.29, 1.82) is 0 Å². The van der Waals surface area contributed by atoms with Crippen LogP contribution in [-0.4, -0.2) is 4.98 Å². The van der Waals surface area contributed by atoms with Crippen LogP contribution in [0.1, 0.15) is 11.3 Å². The molecule has 0 spiro atoms. The van der Waals surface area contributed by atoms with Crippen LogP contribution in [0.4, 0.5) is 0 Å². The normalized spacial score (nSPS) is 10.5. The van der Waals surface area contributed by atoms with E-state index in [9.17, 15) is 0 Å². The first kappa shape index (κ1) is 10.3. The lowest BCUT2D eigenvalue weighted by atomic mass is 10.1. The van der Waals surface area contributed by atoms with Crippen LogP contribution >= 0.6 is 11.3 Å². The molecule has 0 radical (unpaired) electrons. The smallest absolute Gasteiger partial charge is 0.123 e. The Morgan fingerprint density at radius 2 is 2.33 bits per heavy atom. The van der Waals surface area contributed by atoms with Gasteiger partial charge in [0.15, 0.2) is 0 Å². The van der Waals surface area contributed by atoms with E-state index in [4.69, 9.17) is 5.90 Å². The SMILES string of the molecule is Cc1cccc(-c2nc(CON)cs2)c1. The summed E-state index contributed by atoms with van der Waals surface area (Å²) in [5.74, 6) is 5.00. The van der Waals surface area contributed by atoms with E-state index in [1.54, 1.807) is 11.3 Å². The molecule has 2 aromatic rings. The van der Waals surface area contributed by atoms with Crippen molar-refractivity contribution >= 4 is 11.3 Å². The molecule has 0 fully saturated rings. The average Bonchev–Trinajstić information content (AvgIpc) is 2.67. The highest BCUT2D eigenvalue weighted by atomic mass is 32.1. The van der Waals surface area contributed by atoms with Gasteiger partial charge in [0.25, 0.3) is 0 Å². The fourth-order valence-electron chi connectivity index (χ4n) is 1.37. The van der Waals surface area contributed by atoms with Gasteiger partial charge in [0.05, 0.1) is 5.69 Å². The molecule has 0 aliphatic carbocycles. The summed E-state index contributed by atoms with van der Waals surface area (Å²) in [6.45, 7) is 2.43. The summed E-state index contributed by atoms with van der Waals surface area (Å²) in [7, 11) is 0.